The third-order valence-electron chi connectivity index (χ3n) is 9.28. The normalized spacial score (nSPS) is 21.0. The van der Waals surface area contributed by atoms with Crippen molar-refractivity contribution in [2.75, 3.05) is 26.9 Å². The number of aliphatic hydroxyl groups excluding tert-OH is 1. The van der Waals surface area contributed by atoms with Gasteiger partial charge in [-0.2, -0.15) is 0 Å². The Hall–Kier alpha value is -2.40. The zero-order chi connectivity index (χ0) is 38.1. The predicted molar refractivity (Wildman–Crippen MR) is 206 cm³/mol. The Kier molecular flexibility index (Phi) is 30.4. The molecule has 0 aliphatic carbocycles. The molecule has 0 spiro atoms. The summed E-state index contributed by atoms with van der Waals surface area (Å²) < 4.78 is 39.8. The van der Waals surface area contributed by atoms with Gasteiger partial charge in [-0.05, 0) is 51.9 Å². The van der Waals surface area contributed by atoms with Gasteiger partial charge in [0.1, 0.15) is 31.5 Å². The summed E-state index contributed by atoms with van der Waals surface area (Å²) >= 11 is 0. The lowest BCUT2D eigenvalue weighted by Gasteiger charge is -2.43. The van der Waals surface area contributed by atoms with E-state index in [4.69, 9.17) is 33.2 Å². The van der Waals surface area contributed by atoms with E-state index in [1.807, 2.05) is 0 Å². The van der Waals surface area contributed by atoms with E-state index in [1.54, 1.807) is 20.1 Å². The van der Waals surface area contributed by atoms with E-state index in [0.717, 1.165) is 44.9 Å². The van der Waals surface area contributed by atoms with E-state index in [2.05, 4.69) is 32.6 Å². The highest BCUT2D eigenvalue weighted by atomic mass is 16.7. The Morgan fingerprint density at radius 2 is 1.42 bits per heavy atom. The van der Waals surface area contributed by atoms with Crippen LogP contribution in [0.3, 0.4) is 0 Å². The molecule has 52 heavy (non-hydrogen) atoms. The summed E-state index contributed by atoms with van der Waals surface area (Å²) in [7, 11) is 1.69. The molecule has 1 saturated heterocycles. The van der Waals surface area contributed by atoms with Crippen molar-refractivity contribution in [1.82, 2.24) is 0 Å². The fourth-order valence-electron chi connectivity index (χ4n) is 6.17. The van der Waals surface area contributed by atoms with Gasteiger partial charge in [-0.1, -0.05) is 128 Å². The van der Waals surface area contributed by atoms with Crippen molar-refractivity contribution in [2.24, 2.45) is 0 Å². The Labute approximate surface area is 316 Å². The minimum Gasteiger partial charge on any atom is -0.469 e. The lowest BCUT2D eigenvalue weighted by Crippen LogP contribution is -2.61. The van der Waals surface area contributed by atoms with Gasteiger partial charge in [0.15, 0.2) is 6.10 Å². The van der Waals surface area contributed by atoms with E-state index in [-0.39, 0.29) is 32.3 Å². The summed E-state index contributed by atoms with van der Waals surface area (Å²) in [6.07, 6.45) is 25.6. The molecule has 0 bridgehead atoms. The molecular weight excluding hydrogens is 664 g/mol. The number of aliphatic hydroxyl groups is 1. The number of carbonyl (C=O) groups excluding carboxylic acids is 2. The fourth-order valence-corrected chi connectivity index (χ4v) is 6.17. The van der Waals surface area contributed by atoms with Crippen LogP contribution in [0, 0.1) is 0 Å². The average Bonchev–Trinajstić information content (AvgIpc) is 3.14. The van der Waals surface area contributed by atoms with Crippen LogP contribution in [0.2, 0.25) is 0 Å². The molecule has 0 amide bonds. The van der Waals surface area contributed by atoms with E-state index < -0.39 is 42.8 Å². The maximum absolute atomic E-state index is 13.1. The van der Waals surface area contributed by atoms with Gasteiger partial charge in [-0.25, -0.2) is 4.79 Å². The number of rotatable bonds is 33. The molecule has 0 radical (unpaired) electrons. The van der Waals surface area contributed by atoms with Crippen molar-refractivity contribution in [2.45, 2.75) is 192 Å². The van der Waals surface area contributed by atoms with E-state index in [0.29, 0.717) is 12.8 Å². The van der Waals surface area contributed by atoms with Gasteiger partial charge in [0, 0.05) is 20.1 Å². The summed E-state index contributed by atoms with van der Waals surface area (Å²) in [5, 5.41) is 11.4. The van der Waals surface area contributed by atoms with Crippen LogP contribution in [-0.2, 0) is 38.0 Å². The van der Waals surface area contributed by atoms with Crippen LogP contribution >= 0.6 is 0 Å². The summed E-state index contributed by atoms with van der Waals surface area (Å²) in [4.78, 5) is 25.1. The molecule has 10 nitrogen and oxygen atoms in total. The number of carbonyl (C=O) groups is 2. The van der Waals surface area contributed by atoms with Crippen LogP contribution in [0.25, 0.3) is 0 Å². The number of allylic oxidation sites excluding steroid dienone is 3. The third-order valence-corrected chi connectivity index (χ3v) is 9.28. The van der Waals surface area contributed by atoms with E-state index in [9.17, 15) is 14.7 Å². The second-order valence-electron chi connectivity index (χ2n) is 13.8. The number of hydrogen-bond donors (Lipinski definition) is 1. The van der Waals surface area contributed by atoms with Gasteiger partial charge in [0.05, 0.1) is 12.4 Å². The standard InChI is InChI=1S/C42H74O10/c1-6-10-12-14-15-16-17-18-19-20-21-22-23-25-27-29-37(43)52-40-39(47-33-30-35(46-5)28-26-24-13-11-7-2)38(44)36(51-41(40)48-31-8-3)34-50-42(45)49-32-9-4/h8-9,16-17,31,35-36,38-41,44H,4,6-7,10-15,18-30,32-34H2,1-3,5H3/b17-16-,31-8+/t35-,36-,38-,39+,40-,41?/m1/s1. The molecule has 6 atom stereocenters. The zero-order valence-electron chi connectivity index (χ0n) is 33.1. The highest BCUT2D eigenvalue weighted by Gasteiger charge is 2.49. The largest absolute Gasteiger partial charge is 0.508 e. The first-order valence-electron chi connectivity index (χ1n) is 20.4. The summed E-state index contributed by atoms with van der Waals surface area (Å²) in [5.41, 5.74) is 0. The zero-order valence-corrected chi connectivity index (χ0v) is 33.1. The molecule has 1 heterocycles. The average molecular weight is 739 g/mol. The molecule has 0 aromatic rings. The van der Waals surface area contributed by atoms with Crippen molar-refractivity contribution in [3.05, 3.63) is 37.1 Å². The van der Waals surface area contributed by atoms with Crippen LogP contribution in [-0.4, -0.2) is 81.0 Å². The number of hydrogen-bond acceptors (Lipinski definition) is 10. The Bertz CT molecular complexity index is 938. The maximum Gasteiger partial charge on any atom is 0.508 e. The summed E-state index contributed by atoms with van der Waals surface area (Å²) in [6, 6.07) is 0. The molecule has 1 unspecified atom stereocenters. The second kappa shape index (κ2) is 33.2. The number of methoxy groups -OCH3 is 1. The topological polar surface area (TPSA) is 119 Å². The van der Waals surface area contributed by atoms with Crippen molar-refractivity contribution < 1.29 is 47.9 Å². The van der Waals surface area contributed by atoms with Gasteiger partial charge in [0.25, 0.3) is 0 Å². The summed E-state index contributed by atoms with van der Waals surface area (Å²) in [6.45, 7) is 9.66. The van der Waals surface area contributed by atoms with Gasteiger partial charge in [-0.3, -0.25) is 4.79 Å². The van der Waals surface area contributed by atoms with Gasteiger partial charge < -0.3 is 38.3 Å². The Balaban J connectivity index is 2.70. The fraction of sp³-hybridized carbons (Fsp3) is 0.810. The minimum absolute atomic E-state index is 0.00427. The van der Waals surface area contributed by atoms with Crippen molar-refractivity contribution in [3.63, 3.8) is 0 Å². The molecule has 302 valence electrons. The van der Waals surface area contributed by atoms with Crippen LogP contribution in [0.15, 0.2) is 37.1 Å². The quantitative estimate of drug-likeness (QED) is 0.0302. The monoisotopic (exact) mass is 739 g/mol. The van der Waals surface area contributed by atoms with Crippen LogP contribution in [0.1, 0.15) is 156 Å². The first-order valence-corrected chi connectivity index (χ1v) is 20.4. The Morgan fingerprint density at radius 1 is 0.808 bits per heavy atom. The van der Waals surface area contributed by atoms with Gasteiger partial charge >= 0.3 is 12.1 Å². The molecule has 0 aromatic carbocycles. The Morgan fingerprint density at radius 3 is 2.06 bits per heavy atom. The van der Waals surface area contributed by atoms with Gasteiger partial charge in [-0.15, -0.1) is 0 Å². The second-order valence-corrected chi connectivity index (χ2v) is 13.8. The number of ether oxygens (including phenoxy) is 7. The molecule has 0 aromatic heterocycles. The lowest BCUT2D eigenvalue weighted by atomic mass is 9.98. The highest BCUT2D eigenvalue weighted by molar-refractivity contribution is 5.69. The lowest BCUT2D eigenvalue weighted by molar-refractivity contribution is -0.299. The van der Waals surface area contributed by atoms with E-state index >= 15 is 0 Å². The minimum atomic E-state index is -1.29. The molecule has 1 fully saturated rings. The van der Waals surface area contributed by atoms with E-state index in [1.165, 1.54) is 83.0 Å². The van der Waals surface area contributed by atoms with Gasteiger partial charge in [0.2, 0.25) is 6.29 Å². The maximum atomic E-state index is 13.1. The predicted octanol–water partition coefficient (Wildman–Crippen LogP) is 10.1. The van der Waals surface area contributed by atoms with Crippen LogP contribution < -0.4 is 0 Å². The molecule has 1 aliphatic rings. The number of esters is 1. The molecule has 1 aliphatic heterocycles. The molecule has 10 heteroatoms. The molecule has 1 N–H and O–H groups in total. The summed E-state index contributed by atoms with van der Waals surface area (Å²) in [5.74, 6) is -0.408. The van der Waals surface area contributed by atoms with Crippen LogP contribution in [0.5, 0.6) is 0 Å². The highest BCUT2D eigenvalue weighted by Crippen LogP contribution is 2.29. The smallest absolute Gasteiger partial charge is 0.469 e. The SMILES string of the molecule is C=CCOC(=O)OC[C@H]1OC(O/C=C/C)[C@H](OC(=O)CCCCCCCCC/C=C\CCCCCC)[C@@H](OCC[C@@H](CCCCCCC)OC)[C@@H]1O. The van der Waals surface area contributed by atoms with Crippen molar-refractivity contribution in [3.8, 4) is 0 Å². The number of unbranched alkanes of at least 4 members (excludes halogenated alkanes) is 15. The molecule has 1 rings (SSSR count). The molecule has 0 saturated carbocycles. The van der Waals surface area contributed by atoms with Crippen LogP contribution in [0.4, 0.5) is 4.79 Å². The van der Waals surface area contributed by atoms with Crippen molar-refractivity contribution >= 4 is 12.1 Å². The molecular formula is C42H74O10. The third kappa shape index (κ3) is 23.3. The van der Waals surface area contributed by atoms with Crippen molar-refractivity contribution in [1.29, 1.82) is 0 Å². The first-order chi connectivity index (χ1) is 25.4. The first kappa shape index (κ1) is 47.6.